The van der Waals surface area contributed by atoms with Crippen LogP contribution in [0.15, 0.2) is 47.4 Å². The zero-order valence-electron chi connectivity index (χ0n) is 16.5. The number of carboxylic acids is 1. The van der Waals surface area contributed by atoms with Gasteiger partial charge in [0.25, 0.3) is 0 Å². The number of hydrogen-bond donors (Lipinski definition) is 1. The van der Waals surface area contributed by atoms with Gasteiger partial charge in [0, 0.05) is 23.7 Å². The van der Waals surface area contributed by atoms with Crippen molar-refractivity contribution in [3.63, 3.8) is 0 Å². The second-order valence-corrected chi connectivity index (χ2v) is 8.39. The first-order chi connectivity index (χ1) is 14.0. The van der Waals surface area contributed by atoms with E-state index in [2.05, 4.69) is 26.0 Å². The Bertz CT molecular complexity index is 1170. The smallest absolute Gasteiger partial charge is 0.341 e. The first-order valence-electron chi connectivity index (χ1n) is 10.1. The van der Waals surface area contributed by atoms with Crippen LogP contribution in [0.3, 0.4) is 0 Å². The fraction of sp³-hybridized carbons (Fsp3) is 0.348. The number of aromatic carboxylic acids is 1. The molecule has 1 aliphatic heterocycles. The molecular formula is C23H23N3O3. The van der Waals surface area contributed by atoms with Crippen molar-refractivity contribution < 1.29 is 9.90 Å². The molecule has 3 heterocycles. The maximum atomic E-state index is 12.6. The van der Waals surface area contributed by atoms with Gasteiger partial charge in [-0.05, 0) is 24.3 Å². The van der Waals surface area contributed by atoms with E-state index in [4.69, 9.17) is 5.10 Å². The Morgan fingerprint density at radius 2 is 1.93 bits per heavy atom. The molecule has 2 aliphatic rings. The quantitative estimate of drug-likeness (QED) is 0.727. The topological polar surface area (TPSA) is 77.1 Å². The summed E-state index contributed by atoms with van der Waals surface area (Å²) in [6.45, 7) is 4.89. The summed E-state index contributed by atoms with van der Waals surface area (Å²) in [5, 5.41) is 14.5. The molecule has 0 radical (unpaired) electrons. The first-order valence-corrected chi connectivity index (χ1v) is 10.1. The molecule has 1 saturated carbocycles. The zero-order chi connectivity index (χ0) is 20.3. The molecule has 0 bridgehead atoms. The maximum Gasteiger partial charge on any atom is 0.341 e. The van der Waals surface area contributed by atoms with Crippen molar-refractivity contribution in [3.05, 3.63) is 64.1 Å². The third kappa shape index (κ3) is 2.82. The molecule has 0 unspecified atom stereocenters. The van der Waals surface area contributed by atoms with Gasteiger partial charge in [-0.3, -0.25) is 9.48 Å². The SMILES string of the molecule is CC(C)[C@@H]1Cn2nc(C3CC3)c(-c3ccccc3)c2-c2cc(=O)c(C(=O)O)cn21. The van der Waals surface area contributed by atoms with Gasteiger partial charge in [-0.2, -0.15) is 5.10 Å². The van der Waals surface area contributed by atoms with Crippen LogP contribution in [0.5, 0.6) is 0 Å². The van der Waals surface area contributed by atoms with Crippen molar-refractivity contribution in [2.75, 3.05) is 0 Å². The van der Waals surface area contributed by atoms with Crippen LogP contribution in [-0.4, -0.2) is 25.4 Å². The average Bonchev–Trinajstić information content (AvgIpc) is 3.47. The number of benzene rings is 1. The van der Waals surface area contributed by atoms with Gasteiger partial charge in [-0.15, -0.1) is 0 Å². The summed E-state index contributed by atoms with van der Waals surface area (Å²) in [6, 6.07) is 11.7. The summed E-state index contributed by atoms with van der Waals surface area (Å²) < 4.78 is 4.02. The van der Waals surface area contributed by atoms with Crippen molar-refractivity contribution in [3.8, 4) is 22.5 Å². The molecule has 6 nitrogen and oxygen atoms in total. The number of carboxylic acid groups (broad SMARTS) is 1. The Hall–Kier alpha value is -3.15. The molecule has 1 aliphatic carbocycles. The molecule has 29 heavy (non-hydrogen) atoms. The second kappa shape index (κ2) is 6.44. The molecular weight excluding hydrogens is 366 g/mol. The highest BCUT2D eigenvalue weighted by molar-refractivity contribution is 5.88. The minimum Gasteiger partial charge on any atom is -0.477 e. The highest BCUT2D eigenvalue weighted by Crippen LogP contribution is 2.48. The Balaban J connectivity index is 1.83. The van der Waals surface area contributed by atoms with Crippen molar-refractivity contribution >= 4 is 5.97 Å². The van der Waals surface area contributed by atoms with Crippen LogP contribution in [0.4, 0.5) is 0 Å². The molecule has 1 aromatic carbocycles. The number of fused-ring (bicyclic) bond motifs is 3. The monoisotopic (exact) mass is 389 g/mol. The molecule has 3 aromatic rings. The van der Waals surface area contributed by atoms with Gasteiger partial charge in [-0.25, -0.2) is 4.79 Å². The number of carbonyl (C=O) groups is 1. The lowest BCUT2D eigenvalue weighted by atomic mass is 9.95. The van der Waals surface area contributed by atoms with Crippen LogP contribution < -0.4 is 5.43 Å². The minimum atomic E-state index is -1.19. The van der Waals surface area contributed by atoms with E-state index in [0.717, 1.165) is 41.1 Å². The Morgan fingerprint density at radius 3 is 2.55 bits per heavy atom. The fourth-order valence-electron chi connectivity index (χ4n) is 4.38. The van der Waals surface area contributed by atoms with Crippen LogP contribution >= 0.6 is 0 Å². The fourth-order valence-corrected chi connectivity index (χ4v) is 4.38. The molecule has 0 amide bonds. The lowest BCUT2D eigenvalue weighted by Crippen LogP contribution is -2.31. The van der Waals surface area contributed by atoms with Gasteiger partial charge in [0.2, 0.25) is 0 Å². The maximum absolute atomic E-state index is 12.6. The number of hydrogen-bond acceptors (Lipinski definition) is 3. The van der Waals surface area contributed by atoms with Crippen molar-refractivity contribution in [1.82, 2.24) is 14.3 Å². The molecule has 148 valence electrons. The van der Waals surface area contributed by atoms with E-state index in [1.807, 2.05) is 27.4 Å². The van der Waals surface area contributed by atoms with Crippen molar-refractivity contribution in [1.29, 1.82) is 0 Å². The van der Waals surface area contributed by atoms with E-state index in [-0.39, 0.29) is 17.5 Å². The summed E-state index contributed by atoms with van der Waals surface area (Å²) in [7, 11) is 0. The summed E-state index contributed by atoms with van der Waals surface area (Å²) in [5.74, 6) is -0.465. The third-order valence-corrected chi connectivity index (χ3v) is 6.05. The summed E-state index contributed by atoms with van der Waals surface area (Å²) in [6.07, 6.45) is 3.79. The van der Waals surface area contributed by atoms with E-state index >= 15 is 0 Å². The van der Waals surface area contributed by atoms with E-state index in [9.17, 15) is 14.7 Å². The van der Waals surface area contributed by atoms with Crippen molar-refractivity contribution in [2.45, 2.75) is 45.2 Å². The number of rotatable bonds is 4. The third-order valence-electron chi connectivity index (χ3n) is 6.05. The second-order valence-electron chi connectivity index (χ2n) is 8.39. The lowest BCUT2D eigenvalue weighted by Gasteiger charge is -2.32. The van der Waals surface area contributed by atoms with E-state index < -0.39 is 11.4 Å². The number of pyridine rings is 1. The largest absolute Gasteiger partial charge is 0.477 e. The molecule has 5 rings (SSSR count). The van der Waals surface area contributed by atoms with Crippen LogP contribution in [0.25, 0.3) is 22.5 Å². The van der Waals surface area contributed by atoms with Crippen LogP contribution in [-0.2, 0) is 6.54 Å². The van der Waals surface area contributed by atoms with Crippen LogP contribution in [0.2, 0.25) is 0 Å². The number of aromatic nitrogens is 3. The average molecular weight is 389 g/mol. The summed E-state index contributed by atoms with van der Waals surface area (Å²) in [5.41, 5.74) is 4.28. The highest BCUT2D eigenvalue weighted by Gasteiger charge is 2.37. The van der Waals surface area contributed by atoms with Gasteiger partial charge in [0.1, 0.15) is 5.56 Å². The van der Waals surface area contributed by atoms with E-state index in [1.54, 1.807) is 0 Å². The molecule has 0 spiro atoms. The molecule has 1 atom stereocenters. The number of nitrogens with zero attached hydrogens (tertiary/aromatic N) is 3. The molecule has 6 heteroatoms. The Kier molecular flexibility index (Phi) is 3.98. The standard InChI is InChI=1S/C23H23N3O3/c1-13(2)18-12-26-22(17-10-19(27)16(23(28)29)11-25(17)18)20(14-6-4-3-5-7-14)21(24-26)15-8-9-15/h3-7,10-11,13,15,18H,8-9,12H2,1-2H3,(H,28,29)/t18-/m0/s1. The molecule has 1 N–H and O–H groups in total. The van der Waals surface area contributed by atoms with Gasteiger partial charge in [0.05, 0.1) is 29.7 Å². The van der Waals surface area contributed by atoms with Crippen LogP contribution in [0, 0.1) is 5.92 Å². The van der Waals surface area contributed by atoms with Gasteiger partial charge < -0.3 is 9.67 Å². The van der Waals surface area contributed by atoms with Gasteiger partial charge >= 0.3 is 5.97 Å². The molecule has 1 fully saturated rings. The van der Waals surface area contributed by atoms with Gasteiger partial charge in [0.15, 0.2) is 5.43 Å². The highest BCUT2D eigenvalue weighted by atomic mass is 16.4. The van der Waals surface area contributed by atoms with Gasteiger partial charge in [-0.1, -0.05) is 44.2 Å². The van der Waals surface area contributed by atoms with E-state index in [0.29, 0.717) is 12.5 Å². The minimum absolute atomic E-state index is 0.0341. The predicted molar refractivity (Wildman–Crippen MR) is 110 cm³/mol. The van der Waals surface area contributed by atoms with E-state index in [1.165, 1.54) is 12.3 Å². The summed E-state index contributed by atoms with van der Waals surface area (Å²) in [4.78, 5) is 24.2. The zero-order valence-corrected chi connectivity index (χ0v) is 16.5. The van der Waals surface area contributed by atoms with Crippen LogP contribution in [0.1, 0.15) is 54.7 Å². The Morgan fingerprint density at radius 1 is 1.21 bits per heavy atom. The Labute approximate surface area is 168 Å². The normalized spacial score (nSPS) is 17.8. The predicted octanol–water partition coefficient (Wildman–Crippen LogP) is 4.17. The molecule has 2 aromatic heterocycles. The molecule has 0 saturated heterocycles. The summed E-state index contributed by atoms with van der Waals surface area (Å²) >= 11 is 0. The van der Waals surface area contributed by atoms with Crippen molar-refractivity contribution in [2.24, 2.45) is 5.92 Å². The first kappa shape index (κ1) is 17.9. The lowest BCUT2D eigenvalue weighted by molar-refractivity contribution is 0.0694.